The maximum absolute atomic E-state index is 12.0. The van der Waals surface area contributed by atoms with Gasteiger partial charge in [0.15, 0.2) is 0 Å². The fraction of sp³-hybridized carbons (Fsp3) is 0.312. The highest BCUT2D eigenvalue weighted by molar-refractivity contribution is 5.48. The van der Waals surface area contributed by atoms with E-state index in [1.54, 1.807) is 28.6 Å². The Labute approximate surface area is 123 Å². The van der Waals surface area contributed by atoms with Crippen LogP contribution in [0.15, 0.2) is 35.4 Å². The van der Waals surface area contributed by atoms with Crippen LogP contribution < -0.4 is 10.4 Å². The van der Waals surface area contributed by atoms with Gasteiger partial charge >= 0.3 is 5.69 Å². The van der Waals surface area contributed by atoms with Crippen molar-refractivity contribution in [2.45, 2.75) is 20.0 Å². The molecule has 0 radical (unpaired) electrons. The summed E-state index contributed by atoms with van der Waals surface area (Å²) in [5.74, 6) is 6.11. The van der Waals surface area contributed by atoms with E-state index < -0.39 is 0 Å². The fourth-order valence-electron chi connectivity index (χ4n) is 2.10. The summed E-state index contributed by atoms with van der Waals surface area (Å²) in [7, 11) is 1.57. The number of aliphatic hydroxyl groups excluding tert-OH is 1. The summed E-state index contributed by atoms with van der Waals surface area (Å²) in [6.45, 7) is 2.86. The van der Waals surface area contributed by atoms with E-state index in [-0.39, 0.29) is 12.3 Å². The van der Waals surface area contributed by atoms with Crippen molar-refractivity contribution in [1.29, 1.82) is 0 Å². The molecule has 1 N–H and O–H groups in total. The Balaban J connectivity index is 2.32. The summed E-state index contributed by atoms with van der Waals surface area (Å²) in [6.07, 6.45) is 3.55. The summed E-state index contributed by atoms with van der Waals surface area (Å²) in [5.41, 5.74) is 1.62. The van der Waals surface area contributed by atoms with E-state index in [0.29, 0.717) is 24.4 Å². The van der Waals surface area contributed by atoms with Gasteiger partial charge in [-0.05, 0) is 24.6 Å². The Morgan fingerprint density at radius 1 is 1.29 bits per heavy atom. The molecule has 21 heavy (non-hydrogen) atoms. The first kappa shape index (κ1) is 14.9. The Kier molecular flexibility index (Phi) is 4.85. The minimum Gasteiger partial charge on any atom is -0.495 e. The highest BCUT2D eigenvalue weighted by Crippen LogP contribution is 2.19. The zero-order chi connectivity index (χ0) is 15.2. The van der Waals surface area contributed by atoms with Gasteiger partial charge < -0.3 is 9.84 Å². The van der Waals surface area contributed by atoms with Crippen LogP contribution in [0.3, 0.4) is 0 Å². The second kappa shape index (κ2) is 6.82. The molecule has 0 saturated heterocycles. The van der Waals surface area contributed by atoms with Gasteiger partial charge in [0, 0.05) is 18.9 Å². The van der Waals surface area contributed by atoms with Crippen molar-refractivity contribution in [3.63, 3.8) is 0 Å². The Morgan fingerprint density at radius 2 is 2.05 bits per heavy atom. The highest BCUT2D eigenvalue weighted by atomic mass is 16.5. The van der Waals surface area contributed by atoms with Crippen molar-refractivity contribution in [3.05, 3.63) is 52.2 Å². The first-order valence-corrected chi connectivity index (χ1v) is 6.71. The maximum Gasteiger partial charge on any atom is 0.328 e. The van der Waals surface area contributed by atoms with Crippen molar-refractivity contribution in [2.75, 3.05) is 13.7 Å². The largest absolute Gasteiger partial charge is 0.495 e. The van der Waals surface area contributed by atoms with Gasteiger partial charge in [0.2, 0.25) is 0 Å². The zero-order valence-electron chi connectivity index (χ0n) is 12.2. The number of methoxy groups -OCH3 is 1. The molecule has 0 bridgehead atoms. The Hall–Kier alpha value is -2.45. The van der Waals surface area contributed by atoms with Crippen LogP contribution in [0.2, 0.25) is 0 Å². The highest BCUT2D eigenvalue weighted by Gasteiger charge is 2.06. The van der Waals surface area contributed by atoms with Crippen LogP contribution >= 0.6 is 0 Å². The molecule has 2 rings (SSSR count). The lowest BCUT2D eigenvalue weighted by atomic mass is 10.1. The van der Waals surface area contributed by atoms with E-state index in [9.17, 15) is 4.79 Å². The number of hydrogen-bond donors (Lipinski definition) is 1. The van der Waals surface area contributed by atoms with E-state index in [0.717, 1.165) is 5.56 Å². The van der Waals surface area contributed by atoms with E-state index in [4.69, 9.17) is 9.84 Å². The molecule has 0 aliphatic carbocycles. The SMILES string of the molecule is CCn1ccn(Cc2ccc(OC)c(C#CCO)c2)c1=O. The average molecular weight is 286 g/mol. The fourth-order valence-corrected chi connectivity index (χ4v) is 2.10. The van der Waals surface area contributed by atoms with Gasteiger partial charge in [-0.1, -0.05) is 17.9 Å². The number of aryl methyl sites for hydroxylation is 1. The van der Waals surface area contributed by atoms with Gasteiger partial charge in [-0.3, -0.25) is 9.13 Å². The summed E-state index contributed by atoms with van der Waals surface area (Å²) in [6, 6.07) is 5.59. The molecule has 1 aromatic carbocycles. The Bertz CT molecular complexity index is 732. The van der Waals surface area contributed by atoms with E-state index in [2.05, 4.69) is 11.8 Å². The smallest absolute Gasteiger partial charge is 0.328 e. The predicted octanol–water partition coefficient (Wildman–Crippen LogP) is 1.07. The van der Waals surface area contributed by atoms with E-state index in [1.807, 2.05) is 25.1 Å². The molecule has 2 aromatic rings. The second-order valence-electron chi connectivity index (χ2n) is 4.49. The molecule has 1 aromatic heterocycles. The third-order valence-corrected chi connectivity index (χ3v) is 3.18. The molecule has 110 valence electrons. The number of aromatic nitrogens is 2. The predicted molar refractivity (Wildman–Crippen MR) is 80.4 cm³/mol. The lowest BCUT2D eigenvalue weighted by molar-refractivity contribution is 0.350. The topological polar surface area (TPSA) is 56.4 Å². The van der Waals surface area contributed by atoms with Crippen LogP contribution in [0.25, 0.3) is 0 Å². The normalized spacial score (nSPS) is 10.0. The van der Waals surface area contributed by atoms with Crippen LogP contribution in [-0.2, 0) is 13.1 Å². The summed E-state index contributed by atoms with van der Waals surface area (Å²) >= 11 is 0. The third-order valence-electron chi connectivity index (χ3n) is 3.18. The molecule has 0 atom stereocenters. The van der Waals surface area contributed by atoms with Crippen LogP contribution in [-0.4, -0.2) is 28.0 Å². The lowest BCUT2D eigenvalue weighted by Crippen LogP contribution is -2.23. The standard InChI is InChI=1S/C16H18N2O3/c1-3-17-8-9-18(16(17)20)12-13-6-7-15(21-2)14(11-13)5-4-10-19/h6-9,11,19H,3,10,12H2,1-2H3. The molecule has 0 aliphatic rings. The van der Waals surface area contributed by atoms with Gasteiger partial charge in [-0.25, -0.2) is 4.79 Å². The summed E-state index contributed by atoms with van der Waals surface area (Å²) < 4.78 is 8.53. The molecule has 0 aliphatic heterocycles. The second-order valence-corrected chi connectivity index (χ2v) is 4.49. The molecule has 5 heteroatoms. The minimum atomic E-state index is -0.202. The maximum atomic E-state index is 12.0. The number of nitrogens with zero attached hydrogens (tertiary/aromatic N) is 2. The van der Waals surface area contributed by atoms with Gasteiger partial charge in [0.05, 0.1) is 19.2 Å². The van der Waals surface area contributed by atoms with Crippen LogP contribution in [0, 0.1) is 11.8 Å². The summed E-state index contributed by atoms with van der Waals surface area (Å²) in [4.78, 5) is 12.0. The number of hydrogen-bond acceptors (Lipinski definition) is 3. The molecule has 0 unspecified atom stereocenters. The first-order valence-electron chi connectivity index (χ1n) is 6.71. The molecule has 5 nitrogen and oxygen atoms in total. The number of imidazole rings is 1. The number of ether oxygens (including phenoxy) is 1. The Morgan fingerprint density at radius 3 is 2.67 bits per heavy atom. The molecular formula is C16H18N2O3. The first-order chi connectivity index (χ1) is 10.2. The molecule has 1 heterocycles. The summed E-state index contributed by atoms with van der Waals surface area (Å²) in [5, 5.41) is 8.80. The molecule has 0 amide bonds. The van der Waals surface area contributed by atoms with E-state index in [1.165, 1.54) is 0 Å². The minimum absolute atomic E-state index is 0.0312. The van der Waals surface area contributed by atoms with Gasteiger partial charge in [-0.15, -0.1) is 0 Å². The van der Waals surface area contributed by atoms with Gasteiger partial charge in [0.1, 0.15) is 12.4 Å². The number of rotatable bonds is 4. The van der Waals surface area contributed by atoms with Crippen molar-refractivity contribution in [1.82, 2.24) is 9.13 Å². The van der Waals surface area contributed by atoms with Crippen molar-refractivity contribution in [2.24, 2.45) is 0 Å². The zero-order valence-corrected chi connectivity index (χ0v) is 12.2. The van der Waals surface area contributed by atoms with Crippen molar-refractivity contribution < 1.29 is 9.84 Å². The quantitative estimate of drug-likeness (QED) is 0.855. The van der Waals surface area contributed by atoms with Gasteiger partial charge in [-0.2, -0.15) is 0 Å². The molecular weight excluding hydrogens is 268 g/mol. The molecule has 0 fully saturated rings. The van der Waals surface area contributed by atoms with Gasteiger partial charge in [0.25, 0.3) is 0 Å². The molecule has 0 spiro atoms. The van der Waals surface area contributed by atoms with Crippen LogP contribution in [0.1, 0.15) is 18.1 Å². The van der Waals surface area contributed by atoms with Crippen molar-refractivity contribution >= 4 is 0 Å². The monoisotopic (exact) mass is 286 g/mol. The lowest BCUT2D eigenvalue weighted by Gasteiger charge is -2.07. The number of aliphatic hydroxyl groups is 1. The van der Waals surface area contributed by atoms with Crippen molar-refractivity contribution in [3.8, 4) is 17.6 Å². The average Bonchev–Trinajstić information content (AvgIpc) is 2.85. The molecule has 0 saturated carbocycles. The number of benzene rings is 1. The van der Waals surface area contributed by atoms with Crippen LogP contribution in [0.5, 0.6) is 5.75 Å². The van der Waals surface area contributed by atoms with E-state index >= 15 is 0 Å². The third kappa shape index (κ3) is 3.36. The van der Waals surface area contributed by atoms with Crippen LogP contribution in [0.4, 0.5) is 0 Å².